The van der Waals surface area contributed by atoms with Crippen LogP contribution in [0.1, 0.15) is 24.8 Å². The second-order valence-corrected chi connectivity index (χ2v) is 4.38. The van der Waals surface area contributed by atoms with E-state index in [-0.39, 0.29) is 0 Å². The van der Waals surface area contributed by atoms with Crippen LogP contribution in [-0.4, -0.2) is 20.2 Å². The van der Waals surface area contributed by atoms with Crippen molar-refractivity contribution < 1.29 is 4.74 Å². The van der Waals surface area contributed by atoms with Gasteiger partial charge in [0.1, 0.15) is 5.75 Å². The fraction of sp³-hybridized carbons (Fsp3) is 0.500. The highest BCUT2D eigenvalue weighted by Gasteiger charge is 2.12. The lowest BCUT2D eigenvalue weighted by molar-refractivity contribution is 0.411. The van der Waals surface area contributed by atoms with Crippen LogP contribution in [-0.2, 0) is 6.42 Å². The average Bonchev–Trinajstić information content (AvgIpc) is 2.40. The summed E-state index contributed by atoms with van der Waals surface area (Å²) >= 11 is 0. The molecule has 2 rings (SSSR count). The number of anilines is 1. The van der Waals surface area contributed by atoms with Crippen LogP contribution < -0.4 is 9.64 Å². The molecule has 3 heteroatoms. The van der Waals surface area contributed by atoms with E-state index < -0.39 is 0 Å². The number of rotatable bonds is 3. The van der Waals surface area contributed by atoms with Crippen LogP contribution in [0.15, 0.2) is 18.2 Å². The number of methoxy groups -OCH3 is 1. The van der Waals surface area contributed by atoms with Gasteiger partial charge in [-0.05, 0) is 37.5 Å². The first-order valence-corrected chi connectivity index (χ1v) is 6.14. The molecule has 0 radical (unpaired) electrons. The third kappa shape index (κ3) is 2.71. The predicted molar refractivity (Wildman–Crippen MR) is 68.4 cm³/mol. The summed E-state index contributed by atoms with van der Waals surface area (Å²) in [7, 11) is 1.65. The summed E-state index contributed by atoms with van der Waals surface area (Å²) in [5.41, 5.74) is 2.20. The molecule has 1 saturated heterocycles. The molecule has 3 nitrogen and oxygen atoms in total. The van der Waals surface area contributed by atoms with Crippen molar-refractivity contribution in [3.8, 4) is 11.8 Å². The lowest BCUT2D eigenvalue weighted by atomic mass is 10.1. The topological polar surface area (TPSA) is 36.3 Å². The molecule has 0 amide bonds. The molecule has 0 aromatic heterocycles. The van der Waals surface area contributed by atoms with Gasteiger partial charge in [0.15, 0.2) is 0 Å². The van der Waals surface area contributed by atoms with E-state index in [1.165, 1.54) is 24.9 Å². The molecule has 1 aliphatic rings. The zero-order valence-electron chi connectivity index (χ0n) is 10.3. The van der Waals surface area contributed by atoms with Crippen molar-refractivity contribution in [3.63, 3.8) is 0 Å². The summed E-state index contributed by atoms with van der Waals surface area (Å²) in [6, 6.07) is 8.34. The molecule has 1 aromatic carbocycles. The van der Waals surface area contributed by atoms with Gasteiger partial charge < -0.3 is 9.64 Å². The minimum absolute atomic E-state index is 0.408. The lowest BCUT2D eigenvalue weighted by Gasteiger charge is -2.29. The molecule has 0 saturated carbocycles. The number of nitriles is 1. The Morgan fingerprint density at radius 2 is 2.06 bits per heavy atom. The third-order valence-electron chi connectivity index (χ3n) is 3.25. The van der Waals surface area contributed by atoms with Gasteiger partial charge in [-0.25, -0.2) is 0 Å². The van der Waals surface area contributed by atoms with Gasteiger partial charge in [0.25, 0.3) is 0 Å². The maximum Gasteiger partial charge on any atom is 0.123 e. The standard InChI is InChI=1S/C14H18N2O/c1-17-14-6-5-13(11-12(14)7-8-15)16-9-3-2-4-10-16/h5-6,11H,2-4,7,9-10H2,1H3. The molecule has 1 aromatic rings. The zero-order chi connectivity index (χ0) is 12.1. The largest absolute Gasteiger partial charge is 0.496 e. The lowest BCUT2D eigenvalue weighted by Crippen LogP contribution is -2.29. The fourth-order valence-corrected chi connectivity index (χ4v) is 2.34. The van der Waals surface area contributed by atoms with E-state index in [0.29, 0.717) is 6.42 Å². The van der Waals surface area contributed by atoms with Crippen molar-refractivity contribution in [2.24, 2.45) is 0 Å². The zero-order valence-corrected chi connectivity index (χ0v) is 10.3. The normalized spacial score (nSPS) is 15.4. The molecule has 1 heterocycles. The molecule has 17 heavy (non-hydrogen) atoms. The van der Waals surface area contributed by atoms with Gasteiger partial charge in [0.2, 0.25) is 0 Å². The van der Waals surface area contributed by atoms with Crippen LogP contribution in [0.5, 0.6) is 5.75 Å². The SMILES string of the molecule is COc1ccc(N2CCCCC2)cc1CC#N. The van der Waals surface area contributed by atoms with Crippen molar-refractivity contribution in [2.75, 3.05) is 25.1 Å². The van der Waals surface area contributed by atoms with Gasteiger partial charge in [-0.2, -0.15) is 5.26 Å². The van der Waals surface area contributed by atoms with Crippen LogP contribution in [0.25, 0.3) is 0 Å². The molecule has 0 atom stereocenters. The highest BCUT2D eigenvalue weighted by atomic mass is 16.5. The van der Waals surface area contributed by atoms with E-state index >= 15 is 0 Å². The molecule has 1 aliphatic heterocycles. The highest BCUT2D eigenvalue weighted by Crippen LogP contribution is 2.27. The van der Waals surface area contributed by atoms with Gasteiger partial charge in [0.05, 0.1) is 19.6 Å². The Kier molecular flexibility index (Phi) is 3.87. The predicted octanol–water partition coefficient (Wildman–Crippen LogP) is 2.75. The van der Waals surface area contributed by atoms with Crippen LogP contribution in [0.4, 0.5) is 5.69 Å². The van der Waals surface area contributed by atoms with Gasteiger partial charge in [-0.15, -0.1) is 0 Å². The second kappa shape index (κ2) is 5.58. The average molecular weight is 230 g/mol. The van der Waals surface area contributed by atoms with Crippen molar-refractivity contribution in [2.45, 2.75) is 25.7 Å². The van der Waals surface area contributed by atoms with E-state index in [0.717, 1.165) is 24.4 Å². The van der Waals surface area contributed by atoms with E-state index in [1.807, 2.05) is 6.07 Å². The maximum atomic E-state index is 8.82. The van der Waals surface area contributed by atoms with Gasteiger partial charge in [0, 0.05) is 24.3 Å². The number of benzene rings is 1. The Labute approximate surface area is 103 Å². The Morgan fingerprint density at radius 1 is 1.29 bits per heavy atom. The Balaban J connectivity index is 2.23. The Hall–Kier alpha value is -1.69. The smallest absolute Gasteiger partial charge is 0.123 e. The molecule has 90 valence electrons. The number of hydrogen-bond donors (Lipinski definition) is 0. The minimum Gasteiger partial charge on any atom is -0.496 e. The summed E-state index contributed by atoms with van der Waals surface area (Å²) < 4.78 is 5.27. The summed E-state index contributed by atoms with van der Waals surface area (Å²) in [6.45, 7) is 2.25. The summed E-state index contributed by atoms with van der Waals surface area (Å²) in [5.74, 6) is 0.812. The Morgan fingerprint density at radius 3 is 2.71 bits per heavy atom. The summed E-state index contributed by atoms with van der Waals surface area (Å²) in [4.78, 5) is 2.39. The quantitative estimate of drug-likeness (QED) is 0.801. The van der Waals surface area contributed by atoms with Crippen molar-refractivity contribution in [3.05, 3.63) is 23.8 Å². The molecule has 0 N–H and O–H groups in total. The van der Waals surface area contributed by atoms with Crippen LogP contribution in [0.3, 0.4) is 0 Å². The van der Waals surface area contributed by atoms with E-state index in [2.05, 4.69) is 23.1 Å². The monoisotopic (exact) mass is 230 g/mol. The van der Waals surface area contributed by atoms with Crippen LogP contribution in [0, 0.1) is 11.3 Å². The van der Waals surface area contributed by atoms with E-state index in [9.17, 15) is 0 Å². The molecule has 0 spiro atoms. The third-order valence-corrected chi connectivity index (χ3v) is 3.25. The summed E-state index contributed by atoms with van der Waals surface area (Å²) in [6.07, 6.45) is 4.27. The van der Waals surface area contributed by atoms with Crippen LogP contribution in [0.2, 0.25) is 0 Å². The molecule has 0 unspecified atom stereocenters. The first kappa shape index (κ1) is 11.8. The van der Waals surface area contributed by atoms with Gasteiger partial charge in [-0.1, -0.05) is 0 Å². The maximum absolute atomic E-state index is 8.82. The fourth-order valence-electron chi connectivity index (χ4n) is 2.34. The first-order valence-electron chi connectivity index (χ1n) is 6.14. The van der Waals surface area contributed by atoms with Crippen molar-refractivity contribution in [1.29, 1.82) is 5.26 Å². The highest BCUT2D eigenvalue weighted by molar-refractivity contribution is 5.54. The molecular formula is C14H18N2O. The number of ether oxygens (including phenoxy) is 1. The number of hydrogen-bond acceptors (Lipinski definition) is 3. The van der Waals surface area contributed by atoms with Crippen molar-refractivity contribution in [1.82, 2.24) is 0 Å². The molecule has 0 aliphatic carbocycles. The minimum atomic E-state index is 0.408. The van der Waals surface area contributed by atoms with E-state index in [4.69, 9.17) is 10.00 Å². The van der Waals surface area contributed by atoms with Crippen molar-refractivity contribution >= 4 is 5.69 Å². The van der Waals surface area contributed by atoms with Gasteiger partial charge in [-0.3, -0.25) is 0 Å². The van der Waals surface area contributed by atoms with Gasteiger partial charge >= 0.3 is 0 Å². The molecule has 1 fully saturated rings. The molecule has 0 bridgehead atoms. The Bertz CT molecular complexity index is 417. The number of piperidine rings is 1. The molecular weight excluding hydrogens is 212 g/mol. The van der Waals surface area contributed by atoms with E-state index in [1.54, 1.807) is 7.11 Å². The van der Waals surface area contributed by atoms with Crippen LogP contribution >= 0.6 is 0 Å². The first-order chi connectivity index (χ1) is 8.35. The second-order valence-electron chi connectivity index (χ2n) is 4.38. The number of nitrogens with zero attached hydrogens (tertiary/aromatic N) is 2. The summed E-state index contributed by atoms with van der Waals surface area (Å²) in [5, 5.41) is 8.82.